The molecule has 0 atom stereocenters. The molecule has 0 aromatic heterocycles. The molecule has 156 valence electrons. The summed E-state index contributed by atoms with van der Waals surface area (Å²) in [6, 6.07) is 8.36. The average Bonchev–Trinajstić information content (AvgIpc) is 3.10. The SMILES string of the molecule is CCN1C(=O)C(=C/C=C/C=C/C=C2/Sc3ccccc3N2CC)C(=O)N(CC)C1=S. The third-order valence-corrected chi connectivity index (χ3v) is 6.40. The molecule has 0 bridgehead atoms. The molecule has 2 heterocycles. The Labute approximate surface area is 187 Å². The zero-order valence-corrected chi connectivity index (χ0v) is 19.0. The minimum atomic E-state index is -0.341. The number of fused-ring (bicyclic) bond motifs is 1. The molecule has 2 amide bonds. The van der Waals surface area contributed by atoms with Gasteiger partial charge >= 0.3 is 0 Å². The van der Waals surface area contributed by atoms with E-state index in [1.54, 1.807) is 23.9 Å². The van der Waals surface area contributed by atoms with Crippen molar-refractivity contribution < 1.29 is 9.59 Å². The van der Waals surface area contributed by atoms with Crippen molar-refractivity contribution in [2.75, 3.05) is 24.5 Å². The fourth-order valence-electron chi connectivity index (χ4n) is 3.32. The Balaban J connectivity index is 1.71. The number of anilines is 1. The van der Waals surface area contributed by atoms with Gasteiger partial charge in [-0.1, -0.05) is 48.2 Å². The van der Waals surface area contributed by atoms with Gasteiger partial charge in [0.2, 0.25) is 0 Å². The maximum absolute atomic E-state index is 12.6. The lowest BCUT2D eigenvalue weighted by Gasteiger charge is -2.35. The van der Waals surface area contributed by atoms with E-state index in [9.17, 15) is 9.59 Å². The summed E-state index contributed by atoms with van der Waals surface area (Å²) in [6.07, 6.45) is 11.0. The Morgan fingerprint density at radius 3 is 2.00 bits per heavy atom. The normalized spacial score (nSPS) is 18.5. The van der Waals surface area contributed by atoms with Gasteiger partial charge < -0.3 is 4.90 Å². The van der Waals surface area contributed by atoms with Gasteiger partial charge in [-0.25, -0.2) is 0 Å². The molecule has 0 aliphatic carbocycles. The Morgan fingerprint density at radius 2 is 1.40 bits per heavy atom. The van der Waals surface area contributed by atoms with Crippen LogP contribution in [0.2, 0.25) is 0 Å². The zero-order valence-electron chi connectivity index (χ0n) is 17.4. The van der Waals surface area contributed by atoms with Crippen molar-refractivity contribution in [1.29, 1.82) is 0 Å². The number of hydrogen-bond acceptors (Lipinski definition) is 5. The number of allylic oxidation sites excluding steroid dienone is 6. The first-order valence-corrected chi connectivity index (χ1v) is 11.2. The topological polar surface area (TPSA) is 43.9 Å². The van der Waals surface area contributed by atoms with Gasteiger partial charge in [0.05, 0.1) is 10.7 Å². The summed E-state index contributed by atoms with van der Waals surface area (Å²) in [5, 5.41) is 1.45. The number of nitrogens with zero attached hydrogens (tertiary/aromatic N) is 3. The van der Waals surface area contributed by atoms with Crippen LogP contribution in [0.5, 0.6) is 0 Å². The van der Waals surface area contributed by atoms with Gasteiger partial charge in [-0.2, -0.15) is 0 Å². The van der Waals surface area contributed by atoms with Gasteiger partial charge in [0.15, 0.2) is 5.11 Å². The standard InChI is InChI=1S/C23H25N3O2S2/c1-4-24-18-14-11-12-15-19(18)30-20(24)16-10-8-7-9-13-17-21(27)25(5-2)23(29)26(6-3)22(17)28/h7-16H,4-6H2,1-3H3/b9-7+,10-8+,20-16+. The predicted molar refractivity (Wildman–Crippen MR) is 127 cm³/mol. The first-order chi connectivity index (χ1) is 14.5. The Kier molecular flexibility index (Phi) is 7.29. The van der Waals surface area contributed by atoms with Crippen molar-refractivity contribution in [2.24, 2.45) is 0 Å². The number of hydrogen-bond donors (Lipinski definition) is 0. The van der Waals surface area contributed by atoms with E-state index in [4.69, 9.17) is 12.2 Å². The first kappa shape index (κ1) is 22.1. The smallest absolute Gasteiger partial charge is 0.265 e. The maximum atomic E-state index is 12.6. The van der Waals surface area contributed by atoms with Crippen molar-refractivity contribution in [1.82, 2.24) is 9.80 Å². The third kappa shape index (κ3) is 4.27. The highest BCUT2D eigenvalue weighted by atomic mass is 32.2. The molecule has 1 fully saturated rings. The molecule has 0 unspecified atom stereocenters. The van der Waals surface area contributed by atoms with Gasteiger partial charge in [-0.3, -0.25) is 19.4 Å². The lowest BCUT2D eigenvalue weighted by molar-refractivity contribution is -0.133. The monoisotopic (exact) mass is 439 g/mol. The summed E-state index contributed by atoms with van der Waals surface area (Å²) in [4.78, 5) is 31.6. The second-order valence-electron chi connectivity index (χ2n) is 6.55. The summed E-state index contributed by atoms with van der Waals surface area (Å²) in [5.41, 5.74) is 1.37. The summed E-state index contributed by atoms with van der Waals surface area (Å²) >= 11 is 7.01. The highest BCUT2D eigenvalue weighted by Crippen LogP contribution is 2.45. The minimum Gasteiger partial charge on any atom is -0.335 e. The van der Waals surface area contributed by atoms with Crippen molar-refractivity contribution >= 4 is 46.6 Å². The maximum Gasteiger partial charge on any atom is 0.265 e. The Hall–Kier alpha value is -2.64. The van der Waals surface area contributed by atoms with Crippen LogP contribution in [0.3, 0.4) is 0 Å². The number of amides is 2. The van der Waals surface area contributed by atoms with E-state index in [0.29, 0.717) is 13.1 Å². The summed E-state index contributed by atoms with van der Waals surface area (Å²) in [5.74, 6) is -0.682. The fraction of sp³-hybridized carbons (Fsp3) is 0.261. The fourth-order valence-corrected chi connectivity index (χ4v) is 4.89. The van der Waals surface area contributed by atoms with Gasteiger partial charge in [0, 0.05) is 24.5 Å². The van der Waals surface area contributed by atoms with Gasteiger partial charge in [0.25, 0.3) is 11.8 Å². The van der Waals surface area contributed by atoms with Gasteiger partial charge in [-0.05, 0) is 57.3 Å². The largest absolute Gasteiger partial charge is 0.335 e. The third-order valence-electron chi connectivity index (χ3n) is 4.83. The molecule has 2 aliphatic rings. The Morgan fingerprint density at radius 1 is 0.833 bits per heavy atom. The minimum absolute atomic E-state index is 0.134. The molecule has 1 aromatic rings. The Bertz CT molecular complexity index is 950. The van der Waals surface area contributed by atoms with Crippen LogP contribution >= 0.6 is 24.0 Å². The highest BCUT2D eigenvalue weighted by molar-refractivity contribution is 8.03. The van der Waals surface area contributed by atoms with E-state index in [0.717, 1.165) is 6.54 Å². The van der Waals surface area contributed by atoms with E-state index in [2.05, 4.69) is 42.2 Å². The van der Waals surface area contributed by atoms with Crippen LogP contribution in [0.25, 0.3) is 0 Å². The molecule has 0 spiro atoms. The summed E-state index contributed by atoms with van der Waals surface area (Å²) in [7, 11) is 0. The van der Waals surface area contributed by atoms with Crippen LogP contribution in [0.1, 0.15) is 20.8 Å². The first-order valence-electron chi connectivity index (χ1n) is 10.0. The van der Waals surface area contributed by atoms with Crippen LogP contribution < -0.4 is 4.90 Å². The van der Waals surface area contributed by atoms with E-state index in [1.165, 1.54) is 25.4 Å². The lowest BCUT2D eigenvalue weighted by atomic mass is 10.1. The van der Waals surface area contributed by atoms with Gasteiger partial charge in [-0.15, -0.1) is 0 Å². The lowest BCUT2D eigenvalue weighted by Crippen LogP contribution is -2.55. The van der Waals surface area contributed by atoms with E-state index < -0.39 is 0 Å². The van der Waals surface area contributed by atoms with Crippen molar-refractivity contribution in [3.05, 3.63) is 71.3 Å². The number of benzene rings is 1. The quantitative estimate of drug-likeness (QED) is 0.283. The van der Waals surface area contributed by atoms with Crippen molar-refractivity contribution in [3.8, 4) is 0 Å². The molecule has 2 aliphatic heterocycles. The molecule has 0 N–H and O–H groups in total. The number of para-hydroxylation sites is 1. The van der Waals surface area contributed by atoms with Crippen LogP contribution in [-0.4, -0.2) is 46.4 Å². The number of thiocarbonyl (C=S) groups is 1. The molecule has 30 heavy (non-hydrogen) atoms. The number of carbonyl (C=O) groups is 2. The highest BCUT2D eigenvalue weighted by Gasteiger charge is 2.37. The summed E-state index contributed by atoms with van der Waals surface area (Å²) < 4.78 is 0. The molecular weight excluding hydrogens is 414 g/mol. The molecule has 1 aromatic carbocycles. The predicted octanol–water partition coefficient (Wildman–Crippen LogP) is 4.49. The van der Waals surface area contributed by atoms with Crippen molar-refractivity contribution in [3.63, 3.8) is 0 Å². The molecule has 5 nitrogen and oxygen atoms in total. The van der Waals surface area contributed by atoms with Crippen molar-refractivity contribution in [2.45, 2.75) is 25.7 Å². The zero-order chi connectivity index (χ0) is 21.7. The number of rotatable bonds is 6. The summed E-state index contributed by atoms with van der Waals surface area (Å²) in [6.45, 7) is 7.59. The van der Waals surface area contributed by atoms with E-state index in [-0.39, 0.29) is 22.5 Å². The number of likely N-dealkylation sites (N-methyl/N-ethyl adjacent to an activating group) is 2. The second kappa shape index (κ2) is 9.91. The number of thioether (sulfide) groups is 1. The molecule has 3 rings (SSSR count). The van der Waals surface area contributed by atoms with Crippen LogP contribution in [0.15, 0.2) is 76.2 Å². The molecule has 0 radical (unpaired) electrons. The molecule has 7 heteroatoms. The number of carbonyl (C=O) groups excluding carboxylic acids is 2. The average molecular weight is 440 g/mol. The molecule has 0 saturated carbocycles. The van der Waals surface area contributed by atoms with E-state index in [1.807, 2.05) is 32.1 Å². The second-order valence-corrected chi connectivity index (χ2v) is 7.98. The van der Waals surface area contributed by atoms with E-state index >= 15 is 0 Å². The van der Waals surface area contributed by atoms with Gasteiger partial charge in [0.1, 0.15) is 5.57 Å². The van der Waals surface area contributed by atoms with Crippen LogP contribution in [0.4, 0.5) is 5.69 Å². The van der Waals surface area contributed by atoms with Crippen LogP contribution in [0, 0.1) is 0 Å². The molecule has 1 saturated heterocycles. The molecular formula is C23H25N3O2S2. The van der Waals surface area contributed by atoms with Crippen LogP contribution in [-0.2, 0) is 9.59 Å².